The molecule has 6 nitrogen and oxygen atoms in total. The van der Waals surface area contributed by atoms with E-state index < -0.39 is 12.1 Å². The summed E-state index contributed by atoms with van der Waals surface area (Å²) in [6.45, 7) is 5.00. The molecule has 0 heterocycles. The number of carbonyl (C=O) groups is 2. The van der Waals surface area contributed by atoms with Gasteiger partial charge in [0, 0.05) is 12.8 Å². The first-order valence-electron chi connectivity index (χ1n) is 37.1. The van der Waals surface area contributed by atoms with Crippen LogP contribution in [-0.4, -0.2) is 47.4 Å². The van der Waals surface area contributed by atoms with Gasteiger partial charge in [-0.2, -0.15) is 0 Å². The van der Waals surface area contributed by atoms with Gasteiger partial charge >= 0.3 is 5.97 Å². The Morgan fingerprint density at radius 2 is 0.617 bits per heavy atom. The second-order valence-electron chi connectivity index (χ2n) is 25.6. The predicted molar refractivity (Wildman–Crippen MR) is 356 cm³/mol. The number of hydrogen-bond acceptors (Lipinski definition) is 5. The number of unbranched alkanes of at least 4 members (excludes halogenated alkanes) is 55. The number of aliphatic hydroxyl groups excluding tert-OH is 2. The summed E-state index contributed by atoms with van der Waals surface area (Å²) >= 11 is 0. The van der Waals surface area contributed by atoms with Crippen molar-refractivity contribution in [3.8, 4) is 0 Å². The zero-order chi connectivity index (χ0) is 58.5. The summed E-state index contributed by atoms with van der Waals surface area (Å²) in [4.78, 5) is 24.7. The van der Waals surface area contributed by atoms with E-state index in [1.54, 1.807) is 0 Å². The Morgan fingerprint density at radius 1 is 0.346 bits per heavy atom. The van der Waals surface area contributed by atoms with Gasteiger partial charge in [-0.05, 0) is 57.8 Å². The Kier molecular flexibility index (Phi) is 69.4. The molecule has 0 aliphatic rings. The van der Waals surface area contributed by atoms with Crippen LogP contribution in [0.2, 0.25) is 0 Å². The second kappa shape index (κ2) is 70.8. The summed E-state index contributed by atoms with van der Waals surface area (Å²) in [5, 5.41) is 23.4. The summed E-state index contributed by atoms with van der Waals surface area (Å²) < 4.78 is 5.51. The molecule has 480 valence electrons. The third-order valence-corrected chi connectivity index (χ3v) is 17.5. The number of ether oxygens (including phenoxy) is 1. The zero-order valence-electron chi connectivity index (χ0n) is 55.0. The SMILES string of the molecule is CCCCCCCCCCCCCCCCCCCCCCC(O)C(CO)NC(=O)CCCCCCCCCCC/C=C\C/C=C\CCCCCCCCCCCOC(=O)CCCCCCCCCCCCCCCCCCCCC. The van der Waals surface area contributed by atoms with Crippen molar-refractivity contribution in [3.05, 3.63) is 24.3 Å². The third-order valence-electron chi connectivity index (χ3n) is 17.5. The van der Waals surface area contributed by atoms with Gasteiger partial charge < -0.3 is 20.3 Å². The van der Waals surface area contributed by atoms with Crippen molar-refractivity contribution in [2.45, 2.75) is 431 Å². The minimum atomic E-state index is -0.669. The quantitative estimate of drug-likeness (QED) is 0.0320. The fourth-order valence-electron chi connectivity index (χ4n) is 11.9. The maximum absolute atomic E-state index is 12.5. The van der Waals surface area contributed by atoms with Crippen LogP contribution < -0.4 is 5.32 Å². The maximum Gasteiger partial charge on any atom is 0.305 e. The van der Waals surface area contributed by atoms with Crippen molar-refractivity contribution in [3.63, 3.8) is 0 Å². The van der Waals surface area contributed by atoms with Gasteiger partial charge in [-0.15, -0.1) is 0 Å². The molecule has 2 atom stereocenters. The van der Waals surface area contributed by atoms with Crippen LogP contribution in [0.4, 0.5) is 0 Å². The molecule has 0 aliphatic carbocycles. The molecule has 0 spiro atoms. The Balaban J connectivity index is 3.41. The minimum absolute atomic E-state index is 0.0149. The molecular formula is C75H145NO5. The van der Waals surface area contributed by atoms with Gasteiger partial charge in [-0.25, -0.2) is 0 Å². The molecule has 1 amide bonds. The number of rotatable bonds is 70. The number of nitrogens with one attached hydrogen (secondary N) is 1. The molecule has 0 rings (SSSR count). The van der Waals surface area contributed by atoms with Crippen molar-refractivity contribution in [1.29, 1.82) is 0 Å². The summed E-state index contributed by atoms with van der Waals surface area (Å²) in [6, 6.07) is -0.547. The molecule has 0 bridgehead atoms. The van der Waals surface area contributed by atoms with Crippen molar-refractivity contribution in [2.75, 3.05) is 13.2 Å². The van der Waals surface area contributed by atoms with Crippen molar-refractivity contribution >= 4 is 11.9 Å². The van der Waals surface area contributed by atoms with Gasteiger partial charge in [0.15, 0.2) is 0 Å². The summed E-state index contributed by atoms with van der Waals surface area (Å²) in [7, 11) is 0. The normalized spacial score (nSPS) is 12.6. The molecular weight excluding hydrogens is 995 g/mol. The number of allylic oxidation sites excluding steroid dienone is 4. The molecule has 0 saturated heterocycles. The van der Waals surface area contributed by atoms with E-state index in [-0.39, 0.29) is 18.5 Å². The van der Waals surface area contributed by atoms with Gasteiger partial charge in [0.2, 0.25) is 5.91 Å². The molecule has 6 heteroatoms. The fraction of sp³-hybridized carbons (Fsp3) is 0.920. The number of aliphatic hydroxyl groups is 2. The highest BCUT2D eigenvalue weighted by Gasteiger charge is 2.20. The van der Waals surface area contributed by atoms with E-state index in [1.807, 2.05) is 0 Å². The Morgan fingerprint density at radius 3 is 0.938 bits per heavy atom. The first-order valence-corrected chi connectivity index (χ1v) is 37.1. The zero-order valence-corrected chi connectivity index (χ0v) is 55.0. The topological polar surface area (TPSA) is 95.9 Å². The lowest BCUT2D eigenvalue weighted by Gasteiger charge is -2.22. The largest absolute Gasteiger partial charge is 0.466 e. The number of hydrogen-bond donors (Lipinski definition) is 3. The Labute approximate surface area is 507 Å². The highest BCUT2D eigenvalue weighted by atomic mass is 16.5. The third kappa shape index (κ3) is 67.3. The molecule has 3 N–H and O–H groups in total. The standard InChI is InChI=1S/C75H145NO5/c1-3-5-7-9-11-13-15-17-19-21-23-32-35-39-43-47-51-55-59-63-67-73(78)72(71-77)76-74(79)68-64-60-56-52-48-44-40-36-33-29-27-25-24-26-28-30-34-38-42-46-50-54-58-62-66-70-81-75(80)69-65-61-57-53-49-45-41-37-31-22-20-18-16-14-12-10-8-6-4-2/h25-28,72-73,77-78H,3-24,29-71H2,1-2H3,(H,76,79)/b27-25-,28-26-. The smallest absolute Gasteiger partial charge is 0.305 e. The van der Waals surface area contributed by atoms with Crippen LogP contribution in [0.3, 0.4) is 0 Å². The van der Waals surface area contributed by atoms with Crippen LogP contribution in [0.1, 0.15) is 418 Å². The fourth-order valence-corrected chi connectivity index (χ4v) is 11.9. The first kappa shape index (κ1) is 79.3. The van der Waals surface area contributed by atoms with Gasteiger partial charge in [-0.3, -0.25) is 9.59 Å². The average Bonchev–Trinajstić information content (AvgIpc) is 3.47. The van der Waals surface area contributed by atoms with Crippen LogP contribution in [0, 0.1) is 0 Å². The lowest BCUT2D eigenvalue weighted by Crippen LogP contribution is -2.45. The van der Waals surface area contributed by atoms with Crippen LogP contribution in [0.5, 0.6) is 0 Å². The summed E-state index contributed by atoms with van der Waals surface area (Å²) in [5.74, 6) is -0.0219. The highest BCUT2D eigenvalue weighted by Crippen LogP contribution is 2.19. The number of amides is 1. The lowest BCUT2D eigenvalue weighted by atomic mass is 10.0. The first-order chi connectivity index (χ1) is 40.0. The molecule has 0 aromatic carbocycles. The van der Waals surface area contributed by atoms with E-state index in [0.29, 0.717) is 25.9 Å². The second-order valence-corrected chi connectivity index (χ2v) is 25.6. The van der Waals surface area contributed by atoms with Gasteiger partial charge in [0.05, 0.1) is 25.4 Å². The number of esters is 1. The van der Waals surface area contributed by atoms with E-state index >= 15 is 0 Å². The van der Waals surface area contributed by atoms with E-state index in [4.69, 9.17) is 4.74 Å². The van der Waals surface area contributed by atoms with Crippen LogP contribution in [0.25, 0.3) is 0 Å². The van der Waals surface area contributed by atoms with E-state index in [1.165, 1.54) is 340 Å². The van der Waals surface area contributed by atoms with E-state index in [2.05, 4.69) is 43.5 Å². The van der Waals surface area contributed by atoms with Crippen molar-refractivity contribution < 1.29 is 24.5 Å². The van der Waals surface area contributed by atoms with Crippen molar-refractivity contribution in [1.82, 2.24) is 5.32 Å². The average molecular weight is 1140 g/mol. The molecule has 0 aromatic rings. The Bertz CT molecular complexity index is 1270. The van der Waals surface area contributed by atoms with E-state index in [0.717, 1.165) is 44.9 Å². The molecule has 0 aromatic heterocycles. The molecule has 0 radical (unpaired) electrons. The minimum Gasteiger partial charge on any atom is -0.466 e. The Hall–Kier alpha value is -1.66. The van der Waals surface area contributed by atoms with E-state index in [9.17, 15) is 19.8 Å². The molecule has 0 aliphatic heterocycles. The summed E-state index contributed by atoms with van der Waals surface area (Å²) in [5.41, 5.74) is 0. The maximum atomic E-state index is 12.5. The van der Waals surface area contributed by atoms with Crippen LogP contribution in [0.15, 0.2) is 24.3 Å². The highest BCUT2D eigenvalue weighted by molar-refractivity contribution is 5.76. The van der Waals surface area contributed by atoms with Gasteiger partial charge in [0.25, 0.3) is 0 Å². The lowest BCUT2D eigenvalue weighted by molar-refractivity contribution is -0.143. The number of carbonyl (C=O) groups excluding carboxylic acids is 2. The van der Waals surface area contributed by atoms with Crippen LogP contribution >= 0.6 is 0 Å². The molecule has 2 unspecified atom stereocenters. The summed E-state index contributed by atoms with van der Waals surface area (Å²) in [6.07, 6.45) is 89.5. The van der Waals surface area contributed by atoms with Gasteiger partial charge in [0.1, 0.15) is 0 Å². The van der Waals surface area contributed by atoms with Crippen LogP contribution in [-0.2, 0) is 14.3 Å². The van der Waals surface area contributed by atoms with Crippen molar-refractivity contribution in [2.24, 2.45) is 0 Å². The predicted octanol–water partition coefficient (Wildman–Crippen LogP) is 24.1. The van der Waals surface area contributed by atoms with Gasteiger partial charge in [-0.1, -0.05) is 372 Å². The molecule has 0 fully saturated rings. The molecule has 81 heavy (non-hydrogen) atoms. The monoisotopic (exact) mass is 1140 g/mol. The molecule has 0 saturated carbocycles.